The zero-order valence-corrected chi connectivity index (χ0v) is 17.9. The summed E-state index contributed by atoms with van der Waals surface area (Å²) in [6, 6.07) is 8.59. The molecule has 35 heavy (non-hydrogen) atoms. The molecule has 0 unspecified atom stereocenters. The van der Waals surface area contributed by atoms with Gasteiger partial charge in [-0.15, -0.1) is 13.2 Å². The maximum Gasteiger partial charge on any atom is 0.573 e. The van der Waals surface area contributed by atoms with Gasteiger partial charge in [0.2, 0.25) is 0 Å². The molecule has 2 aliphatic rings. The van der Waals surface area contributed by atoms with Crippen molar-refractivity contribution >= 4 is 29.2 Å². The second-order valence-corrected chi connectivity index (χ2v) is 8.05. The lowest BCUT2D eigenvalue weighted by molar-refractivity contribution is -0.274. The second kappa shape index (κ2) is 8.15. The van der Waals surface area contributed by atoms with Gasteiger partial charge in [-0.2, -0.15) is 0 Å². The molecule has 2 aromatic heterocycles. The van der Waals surface area contributed by atoms with Gasteiger partial charge in [-0.1, -0.05) is 0 Å². The smallest absolute Gasteiger partial charge is 0.459 e. The first-order valence-corrected chi connectivity index (χ1v) is 10.5. The van der Waals surface area contributed by atoms with Crippen molar-refractivity contribution in [3.8, 4) is 5.75 Å². The minimum atomic E-state index is -4.86. The van der Waals surface area contributed by atoms with Crippen molar-refractivity contribution in [2.75, 3.05) is 10.2 Å². The fourth-order valence-electron chi connectivity index (χ4n) is 4.00. The van der Waals surface area contributed by atoms with Crippen LogP contribution < -0.4 is 15.0 Å². The molecule has 180 valence electrons. The first kappa shape index (κ1) is 22.4. The molecule has 12 heteroatoms. The summed E-state index contributed by atoms with van der Waals surface area (Å²) in [7, 11) is 0. The lowest BCUT2D eigenvalue weighted by Gasteiger charge is -2.22. The van der Waals surface area contributed by atoms with Gasteiger partial charge in [0, 0.05) is 6.20 Å². The molecule has 0 atom stereocenters. The Morgan fingerprint density at radius 1 is 1.14 bits per heavy atom. The van der Waals surface area contributed by atoms with Gasteiger partial charge < -0.3 is 19.4 Å². The van der Waals surface area contributed by atoms with Crippen LogP contribution in [0.5, 0.6) is 5.75 Å². The minimum absolute atomic E-state index is 0.00658. The molecule has 9 nitrogen and oxygen atoms in total. The molecule has 1 aliphatic carbocycles. The fourth-order valence-corrected chi connectivity index (χ4v) is 4.00. The molecule has 1 spiro atoms. The number of carbonyl (C=O) groups is 3. The highest BCUT2D eigenvalue weighted by molar-refractivity contribution is 6.24. The van der Waals surface area contributed by atoms with Crippen LogP contribution in [0.25, 0.3) is 0 Å². The molecule has 1 saturated heterocycles. The number of aromatic nitrogens is 1. The Bertz CT molecular complexity index is 1290. The number of ether oxygens (including phenoxy) is 1. The molecule has 1 aromatic carbocycles. The normalized spacial score (nSPS) is 16.7. The number of hydrogen-bond acceptors (Lipinski definition) is 6. The minimum Gasteiger partial charge on any atom is -0.459 e. The molecule has 1 aliphatic heterocycles. The van der Waals surface area contributed by atoms with E-state index in [0.29, 0.717) is 24.1 Å². The molecule has 0 radical (unpaired) electrons. The van der Waals surface area contributed by atoms with Gasteiger partial charge in [0.15, 0.2) is 5.76 Å². The number of nitrogens with zero attached hydrogens (tertiary/aromatic N) is 3. The van der Waals surface area contributed by atoms with E-state index in [0.717, 1.165) is 17.0 Å². The van der Waals surface area contributed by atoms with E-state index >= 15 is 0 Å². The summed E-state index contributed by atoms with van der Waals surface area (Å²) >= 11 is 0. The summed E-state index contributed by atoms with van der Waals surface area (Å²) in [6.45, 7) is 0.00658. The predicted octanol–water partition coefficient (Wildman–Crippen LogP) is 4.33. The van der Waals surface area contributed by atoms with E-state index in [-0.39, 0.29) is 18.0 Å². The molecule has 1 saturated carbocycles. The number of anilines is 2. The lowest BCUT2D eigenvalue weighted by Crippen LogP contribution is -2.36. The first-order valence-electron chi connectivity index (χ1n) is 10.5. The largest absolute Gasteiger partial charge is 0.573 e. The van der Waals surface area contributed by atoms with Crippen molar-refractivity contribution < 1.29 is 36.7 Å². The highest BCUT2D eigenvalue weighted by Gasteiger charge is 2.65. The monoisotopic (exact) mass is 486 g/mol. The van der Waals surface area contributed by atoms with Crippen LogP contribution in [0.4, 0.5) is 29.3 Å². The molecule has 4 amide bonds. The quantitative estimate of drug-likeness (QED) is 0.520. The first-order chi connectivity index (χ1) is 16.7. The zero-order valence-electron chi connectivity index (χ0n) is 17.9. The number of pyridine rings is 1. The van der Waals surface area contributed by atoms with Gasteiger partial charge in [0.1, 0.15) is 11.3 Å². The number of alkyl halides is 3. The number of nitrogens with one attached hydrogen (secondary N) is 1. The highest BCUT2D eigenvalue weighted by Crippen LogP contribution is 2.50. The van der Waals surface area contributed by atoms with Gasteiger partial charge in [-0.05, 0) is 60.9 Å². The maximum absolute atomic E-state index is 13.3. The number of carbonyl (C=O) groups excluding carboxylic acids is 3. The number of urea groups is 1. The summed E-state index contributed by atoms with van der Waals surface area (Å²) in [5.41, 5.74) is -0.0198. The van der Waals surface area contributed by atoms with E-state index in [4.69, 9.17) is 4.42 Å². The lowest BCUT2D eigenvalue weighted by atomic mass is 10.1. The summed E-state index contributed by atoms with van der Waals surface area (Å²) in [5, 5.41) is 2.69. The van der Waals surface area contributed by atoms with E-state index in [2.05, 4.69) is 15.0 Å². The van der Waals surface area contributed by atoms with Crippen molar-refractivity contribution in [1.29, 1.82) is 0 Å². The van der Waals surface area contributed by atoms with Gasteiger partial charge >= 0.3 is 12.4 Å². The van der Waals surface area contributed by atoms with Gasteiger partial charge in [0.25, 0.3) is 11.8 Å². The average Bonchev–Trinajstić information content (AvgIpc) is 3.36. The van der Waals surface area contributed by atoms with Gasteiger partial charge in [-0.3, -0.25) is 14.6 Å². The third kappa shape index (κ3) is 4.18. The molecule has 5 rings (SSSR count). The summed E-state index contributed by atoms with van der Waals surface area (Å²) < 4.78 is 46.3. The van der Waals surface area contributed by atoms with E-state index in [1.165, 1.54) is 41.8 Å². The second-order valence-electron chi connectivity index (χ2n) is 8.05. The Morgan fingerprint density at radius 2 is 1.89 bits per heavy atom. The Morgan fingerprint density at radius 3 is 2.51 bits per heavy atom. The maximum atomic E-state index is 13.3. The third-order valence-corrected chi connectivity index (χ3v) is 5.83. The SMILES string of the molecule is O=C(Nc1cnccc1CN1C(=O)N(c2ccc(OC(F)(F)F)cc2)C(=O)C12CC2)c1ccco1. The summed E-state index contributed by atoms with van der Waals surface area (Å²) in [5.74, 6) is -1.33. The van der Waals surface area contributed by atoms with Crippen molar-refractivity contribution in [1.82, 2.24) is 9.88 Å². The van der Waals surface area contributed by atoms with Crippen molar-refractivity contribution in [2.45, 2.75) is 31.3 Å². The van der Waals surface area contributed by atoms with Crippen LogP contribution in [0.2, 0.25) is 0 Å². The molecule has 0 bridgehead atoms. The number of benzene rings is 1. The van der Waals surface area contributed by atoms with E-state index < -0.39 is 35.5 Å². The standard InChI is InChI=1S/C23H17F3N4O5/c24-23(25,26)35-16-5-3-15(4-6-16)30-20(32)22(8-9-22)29(21(30)33)13-14-7-10-27-12-17(14)28-19(31)18-2-1-11-34-18/h1-7,10-12H,8-9,13H2,(H,28,31). The molecular formula is C23H17F3N4O5. The Hall–Kier alpha value is -4.35. The van der Waals surface area contributed by atoms with Crippen molar-refractivity contribution in [3.05, 3.63) is 72.4 Å². The number of imide groups is 1. The molecule has 2 fully saturated rings. The molecule has 3 aromatic rings. The zero-order chi connectivity index (χ0) is 24.8. The Balaban J connectivity index is 1.38. The van der Waals surface area contributed by atoms with E-state index in [1.807, 2.05) is 0 Å². The number of halogens is 3. The predicted molar refractivity (Wildman–Crippen MR) is 114 cm³/mol. The summed E-state index contributed by atoms with van der Waals surface area (Å²) in [4.78, 5) is 45.3. The number of furan rings is 1. The van der Waals surface area contributed by atoms with E-state index in [1.54, 1.807) is 12.1 Å². The van der Waals surface area contributed by atoms with Crippen LogP contribution in [0.3, 0.4) is 0 Å². The van der Waals surface area contributed by atoms with Crippen LogP contribution in [-0.2, 0) is 11.3 Å². The Kier molecular flexibility index (Phi) is 5.23. The number of hydrogen-bond donors (Lipinski definition) is 1. The van der Waals surface area contributed by atoms with Crippen LogP contribution >= 0.6 is 0 Å². The highest BCUT2D eigenvalue weighted by atomic mass is 19.4. The average molecular weight is 486 g/mol. The van der Waals surface area contributed by atoms with Crippen molar-refractivity contribution in [3.63, 3.8) is 0 Å². The molecular weight excluding hydrogens is 469 g/mol. The Labute approximate surface area is 196 Å². The van der Waals surface area contributed by atoms with Crippen LogP contribution in [-0.4, -0.2) is 39.6 Å². The topological polar surface area (TPSA) is 105 Å². The van der Waals surface area contributed by atoms with Crippen LogP contribution in [0, 0.1) is 0 Å². The van der Waals surface area contributed by atoms with E-state index in [9.17, 15) is 27.6 Å². The fraction of sp³-hybridized carbons (Fsp3) is 0.217. The van der Waals surface area contributed by atoms with Crippen LogP contribution in [0.1, 0.15) is 29.0 Å². The number of rotatable bonds is 6. The summed E-state index contributed by atoms with van der Waals surface area (Å²) in [6.07, 6.45) is 0.322. The molecule has 3 heterocycles. The van der Waals surface area contributed by atoms with Gasteiger partial charge in [0.05, 0.1) is 30.4 Å². The number of amides is 4. The third-order valence-electron chi connectivity index (χ3n) is 5.83. The van der Waals surface area contributed by atoms with Gasteiger partial charge in [-0.25, -0.2) is 9.69 Å². The molecule has 1 N–H and O–H groups in total. The van der Waals surface area contributed by atoms with Crippen LogP contribution in [0.15, 0.2) is 65.5 Å². The van der Waals surface area contributed by atoms with Crippen molar-refractivity contribution in [2.24, 2.45) is 0 Å².